The lowest BCUT2D eigenvalue weighted by atomic mass is 10.1. The minimum absolute atomic E-state index is 0.00278. The molecular weight excluding hydrogens is 346 g/mol. The van der Waals surface area contributed by atoms with Crippen molar-refractivity contribution in [3.8, 4) is 17.0 Å². The summed E-state index contributed by atoms with van der Waals surface area (Å²) in [5.41, 5.74) is 2.13. The smallest absolute Gasteiger partial charge is 0.387 e. The molecule has 0 aliphatic rings. The molecule has 1 heterocycles. The Bertz CT molecular complexity index is 865. The summed E-state index contributed by atoms with van der Waals surface area (Å²) in [6, 6.07) is 15.2. The number of alkyl halides is 2. The van der Waals surface area contributed by atoms with E-state index in [0.717, 1.165) is 16.1 Å². The van der Waals surface area contributed by atoms with Crippen molar-refractivity contribution in [3.63, 3.8) is 0 Å². The zero-order chi connectivity index (χ0) is 17.8. The highest BCUT2D eigenvalue weighted by molar-refractivity contribution is 7.16. The molecule has 0 aliphatic heterocycles. The van der Waals surface area contributed by atoms with Gasteiger partial charge in [0, 0.05) is 16.0 Å². The number of amides is 1. The van der Waals surface area contributed by atoms with Crippen LogP contribution in [-0.4, -0.2) is 17.5 Å². The van der Waals surface area contributed by atoms with Crippen LogP contribution in [0.3, 0.4) is 0 Å². The molecule has 1 N–H and O–H groups in total. The molecule has 3 aromatic rings. The Balaban J connectivity index is 1.73. The van der Waals surface area contributed by atoms with E-state index >= 15 is 0 Å². The Morgan fingerprint density at radius 3 is 2.44 bits per heavy atom. The number of ether oxygens (including phenoxy) is 1. The molecule has 25 heavy (non-hydrogen) atoms. The van der Waals surface area contributed by atoms with E-state index in [2.05, 4.69) is 15.0 Å². The molecule has 0 unspecified atom stereocenters. The predicted molar refractivity (Wildman–Crippen MR) is 93.3 cm³/mol. The van der Waals surface area contributed by atoms with E-state index in [0.29, 0.717) is 10.7 Å². The van der Waals surface area contributed by atoms with Crippen LogP contribution < -0.4 is 10.1 Å². The fourth-order valence-electron chi connectivity index (χ4n) is 2.27. The summed E-state index contributed by atoms with van der Waals surface area (Å²) in [5, 5.41) is 3.21. The zero-order valence-electron chi connectivity index (χ0n) is 13.2. The van der Waals surface area contributed by atoms with Crippen LogP contribution in [0.25, 0.3) is 11.3 Å². The summed E-state index contributed by atoms with van der Waals surface area (Å²) in [4.78, 5) is 17.7. The second-order valence-electron chi connectivity index (χ2n) is 5.15. The topological polar surface area (TPSA) is 51.2 Å². The number of anilines is 1. The third-order valence-electron chi connectivity index (χ3n) is 3.41. The molecule has 2 aromatic carbocycles. The second kappa shape index (κ2) is 7.40. The van der Waals surface area contributed by atoms with Gasteiger partial charge in [-0.25, -0.2) is 4.98 Å². The number of halogens is 2. The Hall–Kier alpha value is -2.80. The van der Waals surface area contributed by atoms with E-state index < -0.39 is 6.61 Å². The fourth-order valence-corrected chi connectivity index (χ4v) is 3.10. The third kappa shape index (κ3) is 4.19. The van der Waals surface area contributed by atoms with E-state index in [4.69, 9.17) is 0 Å². The lowest BCUT2D eigenvalue weighted by Crippen LogP contribution is -2.11. The molecule has 0 fully saturated rings. The van der Waals surface area contributed by atoms with Crippen molar-refractivity contribution in [2.45, 2.75) is 13.5 Å². The van der Waals surface area contributed by atoms with Crippen LogP contribution >= 0.6 is 11.3 Å². The maximum atomic E-state index is 12.3. The summed E-state index contributed by atoms with van der Waals surface area (Å²) in [7, 11) is 0. The maximum absolute atomic E-state index is 12.3. The first kappa shape index (κ1) is 17.0. The van der Waals surface area contributed by atoms with Gasteiger partial charge in [-0.15, -0.1) is 11.3 Å². The highest BCUT2D eigenvalue weighted by Crippen LogP contribution is 2.30. The van der Waals surface area contributed by atoms with Gasteiger partial charge < -0.3 is 4.74 Å². The summed E-state index contributed by atoms with van der Waals surface area (Å²) in [6.07, 6.45) is 0. The fraction of sp³-hybridized carbons (Fsp3) is 0.111. The van der Waals surface area contributed by atoms with Gasteiger partial charge in [0.05, 0.1) is 5.69 Å². The number of thiazole rings is 1. The lowest BCUT2D eigenvalue weighted by molar-refractivity contribution is -0.0498. The summed E-state index contributed by atoms with van der Waals surface area (Å²) < 4.78 is 28.5. The van der Waals surface area contributed by atoms with Crippen molar-refractivity contribution in [3.05, 3.63) is 65.0 Å². The average Bonchev–Trinajstić information content (AvgIpc) is 2.96. The van der Waals surface area contributed by atoms with Gasteiger partial charge in [-0.3, -0.25) is 10.1 Å². The molecule has 3 rings (SSSR count). The molecule has 0 spiro atoms. The van der Waals surface area contributed by atoms with Gasteiger partial charge in [-0.05, 0) is 31.2 Å². The number of hydrogen-bond donors (Lipinski definition) is 1. The lowest BCUT2D eigenvalue weighted by Gasteiger charge is -2.05. The van der Waals surface area contributed by atoms with Crippen molar-refractivity contribution in [2.75, 3.05) is 5.32 Å². The number of carbonyl (C=O) groups excluding carboxylic acids is 1. The van der Waals surface area contributed by atoms with Gasteiger partial charge in [0.2, 0.25) is 0 Å². The first-order valence-electron chi connectivity index (χ1n) is 7.42. The number of benzene rings is 2. The predicted octanol–water partition coefficient (Wildman–Crippen LogP) is 4.97. The summed E-state index contributed by atoms with van der Waals surface area (Å²) in [5.74, 6) is -0.361. The van der Waals surface area contributed by atoms with Gasteiger partial charge >= 0.3 is 6.61 Å². The standard InChI is InChI=1S/C18H14F2N2O2S/c1-11-15(12-5-3-2-4-6-12)21-18(25-11)22-16(23)13-7-9-14(10-8-13)24-17(19)20/h2-10,17H,1H3,(H,21,22,23). The molecule has 0 radical (unpaired) electrons. The SMILES string of the molecule is Cc1sc(NC(=O)c2ccc(OC(F)F)cc2)nc1-c1ccccc1. The van der Waals surface area contributed by atoms with Crippen LogP contribution in [0.1, 0.15) is 15.2 Å². The largest absolute Gasteiger partial charge is 0.435 e. The van der Waals surface area contributed by atoms with Crippen LogP contribution in [0.2, 0.25) is 0 Å². The highest BCUT2D eigenvalue weighted by Gasteiger charge is 2.13. The third-order valence-corrected chi connectivity index (χ3v) is 4.29. The van der Waals surface area contributed by atoms with Gasteiger partial charge in [0.1, 0.15) is 5.75 Å². The van der Waals surface area contributed by atoms with E-state index in [1.807, 2.05) is 37.3 Å². The molecule has 128 valence electrons. The minimum atomic E-state index is -2.89. The van der Waals surface area contributed by atoms with E-state index in [-0.39, 0.29) is 11.7 Å². The van der Waals surface area contributed by atoms with Gasteiger partial charge in [-0.1, -0.05) is 30.3 Å². The van der Waals surface area contributed by atoms with E-state index in [9.17, 15) is 13.6 Å². The molecule has 0 saturated carbocycles. The number of nitrogens with zero attached hydrogens (tertiary/aromatic N) is 1. The zero-order valence-corrected chi connectivity index (χ0v) is 14.0. The molecule has 4 nitrogen and oxygen atoms in total. The average molecular weight is 360 g/mol. The molecule has 1 aromatic heterocycles. The van der Waals surface area contributed by atoms with Crippen LogP contribution in [0.15, 0.2) is 54.6 Å². The maximum Gasteiger partial charge on any atom is 0.387 e. The normalized spacial score (nSPS) is 10.7. The van der Waals surface area contributed by atoms with Crippen molar-refractivity contribution in [2.24, 2.45) is 0 Å². The van der Waals surface area contributed by atoms with Crippen LogP contribution in [0.5, 0.6) is 5.75 Å². The number of aromatic nitrogens is 1. The van der Waals surface area contributed by atoms with Gasteiger partial charge in [-0.2, -0.15) is 8.78 Å². The van der Waals surface area contributed by atoms with Gasteiger partial charge in [0.15, 0.2) is 5.13 Å². The molecule has 0 aliphatic carbocycles. The Kier molecular flexibility index (Phi) is 5.04. The second-order valence-corrected chi connectivity index (χ2v) is 6.35. The van der Waals surface area contributed by atoms with E-state index in [1.165, 1.54) is 35.6 Å². The van der Waals surface area contributed by atoms with E-state index in [1.54, 1.807) is 0 Å². The van der Waals surface area contributed by atoms with Crippen molar-refractivity contribution in [1.82, 2.24) is 4.98 Å². The quantitative estimate of drug-likeness (QED) is 0.699. The van der Waals surface area contributed by atoms with Crippen molar-refractivity contribution in [1.29, 1.82) is 0 Å². The van der Waals surface area contributed by atoms with Crippen molar-refractivity contribution >= 4 is 22.4 Å². The Labute approximate surface area is 147 Å². The molecule has 0 bridgehead atoms. The van der Waals surface area contributed by atoms with Crippen LogP contribution in [-0.2, 0) is 0 Å². The number of rotatable bonds is 5. The van der Waals surface area contributed by atoms with Gasteiger partial charge in [0.25, 0.3) is 5.91 Å². The first-order chi connectivity index (χ1) is 12.0. The van der Waals surface area contributed by atoms with Crippen LogP contribution in [0.4, 0.5) is 13.9 Å². The van der Waals surface area contributed by atoms with Crippen LogP contribution in [0, 0.1) is 6.92 Å². The minimum Gasteiger partial charge on any atom is -0.435 e. The molecular formula is C18H14F2N2O2S. The monoisotopic (exact) mass is 360 g/mol. The first-order valence-corrected chi connectivity index (χ1v) is 8.23. The molecule has 0 atom stereocenters. The molecule has 1 amide bonds. The van der Waals surface area contributed by atoms with Crippen molar-refractivity contribution < 1.29 is 18.3 Å². The highest BCUT2D eigenvalue weighted by atomic mass is 32.1. The number of aryl methyl sites for hydroxylation is 1. The summed E-state index contributed by atoms with van der Waals surface area (Å²) >= 11 is 1.38. The molecule has 0 saturated heterocycles. The number of carbonyl (C=O) groups is 1. The summed E-state index contributed by atoms with van der Waals surface area (Å²) in [6.45, 7) is -0.957. The number of hydrogen-bond acceptors (Lipinski definition) is 4. The number of nitrogens with one attached hydrogen (secondary N) is 1. The Morgan fingerprint density at radius 1 is 1.12 bits per heavy atom. The Morgan fingerprint density at radius 2 is 1.80 bits per heavy atom. The molecule has 7 heteroatoms.